The number of nitro benzene ring substituents is 1. The van der Waals surface area contributed by atoms with Crippen LogP contribution in [0.2, 0.25) is 0 Å². The number of para-hydroxylation sites is 1. The van der Waals surface area contributed by atoms with Crippen molar-refractivity contribution in [1.82, 2.24) is 4.98 Å². The molecule has 0 aliphatic carbocycles. The zero-order valence-electron chi connectivity index (χ0n) is 10.3. The first-order chi connectivity index (χ1) is 9.08. The molecule has 0 spiro atoms. The number of hydrogen-bond acceptors (Lipinski definition) is 4. The van der Waals surface area contributed by atoms with E-state index in [4.69, 9.17) is 0 Å². The third-order valence-electron chi connectivity index (χ3n) is 2.71. The average molecular weight is 322 g/mol. The van der Waals surface area contributed by atoms with Crippen LogP contribution >= 0.6 is 15.9 Å². The summed E-state index contributed by atoms with van der Waals surface area (Å²) in [5.74, 6) is 0. The summed E-state index contributed by atoms with van der Waals surface area (Å²) in [5, 5.41) is 14.1. The number of nitrogens with zero attached hydrogens (tertiary/aromatic N) is 2. The minimum atomic E-state index is -0.371. The van der Waals surface area contributed by atoms with Gasteiger partial charge in [-0.2, -0.15) is 0 Å². The largest absolute Gasteiger partial charge is 0.379 e. The van der Waals surface area contributed by atoms with Crippen molar-refractivity contribution in [2.75, 3.05) is 5.32 Å². The lowest BCUT2D eigenvalue weighted by Gasteiger charge is -2.09. The maximum atomic E-state index is 10.9. The maximum absolute atomic E-state index is 10.9. The summed E-state index contributed by atoms with van der Waals surface area (Å²) < 4.78 is 0.765. The van der Waals surface area contributed by atoms with Crippen LogP contribution in [0.5, 0.6) is 0 Å². The van der Waals surface area contributed by atoms with E-state index in [-0.39, 0.29) is 10.6 Å². The molecule has 0 amide bonds. The Bertz CT molecular complexity index is 617. The molecule has 1 N–H and O–H groups in total. The molecule has 0 aliphatic heterocycles. The predicted octanol–water partition coefficient (Wildman–Crippen LogP) is 3.67. The highest BCUT2D eigenvalue weighted by Crippen LogP contribution is 2.21. The third kappa shape index (κ3) is 3.29. The molecule has 0 saturated carbocycles. The summed E-state index contributed by atoms with van der Waals surface area (Å²) in [6.07, 6.45) is 0. The Hall–Kier alpha value is -1.95. The van der Waals surface area contributed by atoms with Crippen LogP contribution in [0.3, 0.4) is 0 Å². The third-order valence-corrected chi connectivity index (χ3v) is 3.15. The number of hydrogen-bond donors (Lipinski definition) is 1. The minimum absolute atomic E-state index is 0.123. The normalized spacial score (nSPS) is 10.2. The Balaban J connectivity index is 2.17. The molecular formula is C13H12BrN3O2. The van der Waals surface area contributed by atoms with Crippen molar-refractivity contribution >= 4 is 27.3 Å². The lowest BCUT2D eigenvalue weighted by molar-refractivity contribution is -0.385. The van der Waals surface area contributed by atoms with E-state index >= 15 is 0 Å². The van der Waals surface area contributed by atoms with Gasteiger partial charge in [0.15, 0.2) is 0 Å². The smallest absolute Gasteiger partial charge is 0.274 e. The molecule has 19 heavy (non-hydrogen) atoms. The van der Waals surface area contributed by atoms with Gasteiger partial charge in [0.2, 0.25) is 0 Å². The van der Waals surface area contributed by atoms with Gasteiger partial charge in [-0.1, -0.05) is 18.2 Å². The van der Waals surface area contributed by atoms with E-state index < -0.39 is 0 Å². The molecule has 0 unspecified atom stereocenters. The highest BCUT2D eigenvalue weighted by atomic mass is 79.9. The number of halogens is 1. The van der Waals surface area contributed by atoms with Crippen molar-refractivity contribution in [3.8, 4) is 0 Å². The van der Waals surface area contributed by atoms with Crippen LogP contribution in [0.4, 0.5) is 11.4 Å². The van der Waals surface area contributed by atoms with Crippen LogP contribution in [0.25, 0.3) is 0 Å². The molecule has 0 saturated heterocycles. The molecule has 1 aromatic heterocycles. The Morgan fingerprint density at radius 1 is 1.32 bits per heavy atom. The minimum Gasteiger partial charge on any atom is -0.379 e. The van der Waals surface area contributed by atoms with Crippen molar-refractivity contribution in [2.45, 2.75) is 13.5 Å². The highest BCUT2D eigenvalue weighted by Gasteiger charge is 2.12. The first-order valence-electron chi connectivity index (χ1n) is 5.67. The van der Waals surface area contributed by atoms with Gasteiger partial charge in [-0.15, -0.1) is 0 Å². The summed E-state index contributed by atoms with van der Waals surface area (Å²) in [5.41, 5.74) is 2.47. The second-order valence-corrected chi connectivity index (χ2v) is 4.82. The molecule has 0 bridgehead atoms. The van der Waals surface area contributed by atoms with Crippen molar-refractivity contribution < 1.29 is 4.92 Å². The zero-order valence-corrected chi connectivity index (χ0v) is 11.8. The van der Waals surface area contributed by atoms with Gasteiger partial charge < -0.3 is 5.32 Å². The predicted molar refractivity (Wildman–Crippen MR) is 77.1 cm³/mol. The summed E-state index contributed by atoms with van der Waals surface area (Å²) in [6.45, 7) is 2.27. The Morgan fingerprint density at radius 3 is 2.74 bits per heavy atom. The van der Waals surface area contributed by atoms with Crippen molar-refractivity contribution in [1.29, 1.82) is 0 Å². The number of aromatic nitrogens is 1. The van der Waals surface area contributed by atoms with Crippen molar-refractivity contribution in [3.63, 3.8) is 0 Å². The molecular weight excluding hydrogens is 310 g/mol. The first kappa shape index (κ1) is 13.5. The van der Waals surface area contributed by atoms with Crippen molar-refractivity contribution in [2.24, 2.45) is 0 Å². The topological polar surface area (TPSA) is 68.1 Å². The Labute approximate surface area is 119 Å². The molecule has 0 radical (unpaired) electrons. The molecule has 0 atom stereocenters. The number of rotatable bonds is 4. The van der Waals surface area contributed by atoms with Gasteiger partial charge in [0.1, 0.15) is 4.60 Å². The molecule has 6 heteroatoms. The van der Waals surface area contributed by atoms with Gasteiger partial charge in [-0.25, -0.2) is 4.98 Å². The fourth-order valence-corrected chi connectivity index (χ4v) is 2.14. The fourth-order valence-electron chi connectivity index (χ4n) is 1.75. The molecule has 1 heterocycles. The van der Waals surface area contributed by atoms with E-state index in [0.29, 0.717) is 12.1 Å². The van der Waals surface area contributed by atoms with Gasteiger partial charge >= 0.3 is 0 Å². The van der Waals surface area contributed by atoms with Crippen LogP contribution in [-0.4, -0.2) is 9.91 Å². The van der Waals surface area contributed by atoms with E-state index in [1.807, 2.05) is 19.1 Å². The molecule has 0 aliphatic rings. The number of aryl methyl sites for hydroxylation is 1. The average Bonchev–Trinajstić information content (AvgIpc) is 2.38. The summed E-state index contributed by atoms with van der Waals surface area (Å²) in [4.78, 5) is 14.8. The quantitative estimate of drug-likeness (QED) is 0.530. The molecule has 5 nitrogen and oxygen atoms in total. The maximum Gasteiger partial charge on any atom is 0.274 e. The van der Waals surface area contributed by atoms with Crippen LogP contribution in [-0.2, 0) is 6.54 Å². The lowest BCUT2D eigenvalue weighted by atomic mass is 10.1. The van der Waals surface area contributed by atoms with E-state index in [0.717, 1.165) is 16.0 Å². The van der Waals surface area contributed by atoms with Crippen LogP contribution in [0, 0.1) is 17.0 Å². The van der Waals surface area contributed by atoms with Gasteiger partial charge in [-0.05, 0) is 35.0 Å². The zero-order chi connectivity index (χ0) is 13.8. The number of nitrogens with one attached hydrogen (secondary N) is 1. The molecule has 0 fully saturated rings. The van der Waals surface area contributed by atoms with Gasteiger partial charge in [0.25, 0.3) is 5.69 Å². The van der Waals surface area contributed by atoms with E-state index in [2.05, 4.69) is 26.2 Å². The molecule has 98 valence electrons. The lowest BCUT2D eigenvalue weighted by Crippen LogP contribution is -2.04. The van der Waals surface area contributed by atoms with E-state index in [1.165, 1.54) is 6.07 Å². The number of pyridine rings is 1. The van der Waals surface area contributed by atoms with Gasteiger partial charge in [-0.3, -0.25) is 10.1 Å². The monoisotopic (exact) mass is 321 g/mol. The van der Waals surface area contributed by atoms with Crippen LogP contribution in [0.1, 0.15) is 11.3 Å². The second-order valence-electron chi connectivity index (χ2n) is 4.01. The second kappa shape index (κ2) is 5.79. The van der Waals surface area contributed by atoms with E-state index in [1.54, 1.807) is 18.2 Å². The fraction of sp³-hybridized carbons (Fsp3) is 0.154. The Kier molecular flexibility index (Phi) is 4.11. The molecule has 2 aromatic rings. The van der Waals surface area contributed by atoms with Crippen LogP contribution in [0.15, 0.2) is 41.0 Å². The standard InChI is InChI=1S/C13H12BrN3O2/c1-9-11(6-7-13(14)16-9)15-8-10-4-2-3-5-12(10)17(18)19/h2-7,15H,8H2,1H3. The summed E-state index contributed by atoms with van der Waals surface area (Å²) in [6, 6.07) is 10.4. The van der Waals surface area contributed by atoms with E-state index in [9.17, 15) is 10.1 Å². The molecule has 2 rings (SSSR count). The SMILES string of the molecule is Cc1nc(Br)ccc1NCc1ccccc1[N+](=O)[O-]. The van der Waals surface area contributed by atoms with Crippen LogP contribution < -0.4 is 5.32 Å². The van der Waals surface area contributed by atoms with Gasteiger partial charge in [0.05, 0.1) is 16.3 Å². The first-order valence-corrected chi connectivity index (χ1v) is 6.46. The summed E-state index contributed by atoms with van der Waals surface area (Å²) >= 11 is 3.29. The molecule has 1 aromatic carbocycles. The highest BCUT2D eigenvalue weighted by molar-refractivity contribution is 9.10. The summed E-state index contributed by atoms with van der Waals surface area (Å²) in [7, 11) is 0. The Morgan fingerprint density at radius 2 is 2.05 bits per heavy atom. The number of nitro groups is 1. The van der Waals surface area contributed by atoms with Crippen molar-refractivity contribution in [3.05, 3.63) is 62.4 Å². The van der Waals surface area contributed by atoms with Gasteiger partial charge in [0, 0.05) is 18.2 Å². The number of anilines is 1. The number of benzene rings is 1.